The lowest BCUT2D eigenvalue weighted by Crippen LogP contribution is -2.50. The van der Waals surface area contributed by atoms with Gasteiger partial charge in [-0.25, -0.2) is 4.39 Å². The van der Waals surface area contributed by atoms with Crippen LogP contribution in [-0.4, -0.2) is 35.1 Å². The summed E-state index contributed by atoms with van der Waals surface area (Å²) in [5.41, 5.74) is 1.34. The predicted molar refractivity (Wildman–Crippen MR) is 150 cm³/mol. The molecule has 0 unspecified atom stereocenters. The molecule has 0 aromatic heterocycles. The van der Waals surface area contributed by atoms with Gasteiger partial charge in [-0.15, -0.1) is 11.8 Å². The zero-order chi connectivity index (χ0) is 26.5. The zero-order valence-corrected chi connectivity index (χ0v) is 22.7. The van der Waals surface area contributed by atoms with Gasteiger partial charge in [0.15, 0.2) is 0 Å². The molecule has 4 nitrogen and oxygen atoms in total. The smallest absolute Gasteiger partial charge is 0.243 e. The monoisotopic (exact) mass is 540 g/mol. The van der Waals surface area contributed by atoms with Crippen molar-refractivity contribution in [3.8, 4) is 0 Å². The topological polar surface area (TPSA) is 49.4 Å². The van der Waals surface area contributed by atoms with Crippen molar-refractivity contribution in [3.63, 3.8) is 0 Å². The molecule has 0 aliphatic carbocycles. The van der Waals surface area contributed by atoms with Crippen molar-refractivity contribution in [1.82, 2.24) is 10.2 Å². The average molecular weight is 541 g/mol. The lowest BCUT2D eigenvalue weighted by atomic mass is 10.0. The number of nitrogens with zero attached hydrogens (tertiary/aromatic N) is 1. The molecule has 2 amide bonds. The Bertz CT molecular complexity index is 1130. The molecule has 0 saturated heterocycles. The Labute approximate surface area is 228 Å². The van der Waals surface area contributed by atoms with Crippen molar-refractivity contribution < 1.29 is 14.0 Å². The fourth-order valence-electron chi connectivity index (χ4n) is 3.96. The Morgan fingerprint density at radius 1 is 0.973 bits per heavy atom. The number of benzene rings is 3. The van der Waals surface area contributed by atoms with Gasteiger partial charge in [-0.2, -0.15) is 0 Å². The number of halogens is 2. The van der Waals surface area contributed by atoms with Crippen molar-refractivity contribution in [1.29, 1.82) is 0 Å². The van der Waals surface area contributed by atoms with E-state index >= 15 is 0 Å². The molecule has 0 spiro atoms. The quantitative estimate of drug-likeness (QED) is 0.178. The molecule has 37 heavy (non-hydrogen) atoms. The molecule has 7 heteroatoms. The highest BCUT2D eigenvalue weighted by Crippen LogP contribution is 2.23. The largest absolute Gasteiger partial charge is 0.354 e. The average Bonchev–Trinajstić information content (AvgIpc) is 2.91. The van der Waals surface area contributed by atoms with E-state index in [1.54, 1.807) is 34.9 Å². The van der Waals surface area contributed by atoms with Gasteiger partial charge in [-0.3, -0.25) is 9.59 Å². The van der Waals surface area contributed by atoms with E-state index in [1.807, 2.05) is 54.6 Å². The number of hydrogen-bond acceptors (Lipinski definition) is 3. The molecule has 0 aliphatic heterocycles. The van der Waals surface area contributed by atoms with Crippen molar-refractivity contribution in [3.05, 3.63) is 101 Å². The maximum absolute atomic E-state index is 14.6. The van der Waals surface area contributed by atoms with E-state index in [4.69, 9.17) is 11.6 Å². The van der Waals surface area contributed by atoms with Crippen LogP contribution >= 0.6 is 23.4 Å². The number of hydrogen-bond donors (Lipinski definition) is 1. The van der Waals surface area contributed by atoms with Crippen LogP contribution in [0.3, 0.4) is 0 Å². The normalized spacial score (nSPS) is 11.6. The molecule has 0 fully saturated rings. The first-order valence-electron chi connectivity index (χ1n) is 12.7. The summed E-state index contributed by atoms with van der Waals surface area (Å²) in [6.45, 7) is 2.64. The van der Waals surface area contributed by atoms with Gasteiger partial charge < -0.3 is 10.2 Å². The van der Waals surface area contributed by atoms with Crippen molar-refractivity contribution in [2.45, 2.75) is 56.5 Å². The maximum Gasteiger partial charge on any atom is 0.243 e. The van der Waals surface area contributed by atoms with Gasteiger partial charge in [0.1, 0.15) is 11.9 Å². The van der Waals surface area contributed by atoms with Crippen molar-refractivity contribution in [2.75, 3.05) is 12.3 Å². The molecule has 0 saturated carbocycles. The second-order valence-corrected chi connectivity index (χ2v) is 10.5. The van der Waals surface area contributed by atoms with Crippen LogP contribution in [-0.2, 0) is 22.6 Å². The minimum Gasteiger partial charge on any atom is -0.354 e. The van der Waals surface area contributed by atoms with E-state index < -0.39 is 6.04 Å². The van der Waals surface area contributed by atoms with Crippen LogP contribution in [0.5, 0.6) is 0 Å². The van der Waals surface area contributed by atoms with Gasteiger partial charge in [0, 0.05) is 41.4 Å². The first-order valence-corrected chi connectivity index (χ1v) is 14.1. The molecule has 0 aliphatic rings. The molecule has 196 valence electrons. The third-order valence-corrected chi connectivity index (χ3v) is 7.37. The summed E-state index contributed by atoms with van der Waals surface area (Å²) in [4.78, 5) is 29.6. The maximum atomic E-state index is 14.6. The van der Waals surface area contributed by atoms with E-state index in [0.29, 0.717) is 30.0 Å². The molecular weight excluding hydrogens is 507 g/mol. The lowest BCUT2D eigenvalue weighted by molar-refractivity contribution is -0.141. The molecular formula is C30H34ClFN2O2S. The van der Waals surface area contributed by atoms with Crippen molar-refractivity contribution >= 4 is 35.2 Å². The van der Waals surface area contributed by atoms with Crippen LogP contribution in [0, 0.1) is 5.82 Å². The number of carbonyl (C=O) groups excluding carboxylic acids is 2. The lowest BCUT2D eigenvalue weighted by Gasteiger charge is -2.32. The third kappa shape index (κ3) is 9.52. The number of rotatable bonds is 14. The van der Waals surface area contributed by atoms with E-state index in [9.17, 15) is 14.0 Å². The number of unbranched alkanes of at least 4 members (excludes halogenated alkanes) is 1. The molecule has 3 aromatic carbocycles. The van der Waals surface area contributed by atoms with Crippen LogP contribution in [0.1, 0.15) is 43.7 Å². The first-order chi connectivity index (χ1) is 18.0. The summed E-state index contributed by atoms with van der Waals surface area (Å²) in [5.74, 6) is -0.0139. The Morgan fingerprint density at radius 2 is 1.68 bits per heavy atom. The molecule has 1 atom stereocenters. The Morgan fingerprint density at radius 3 is 2.38 bits per heavy atom. The minimum absolute atomic E-state index is 0.0362. The highest BCUT2D eigenvalue weighted by molar-refractivity contribution is 7.99. The first kappa shape index (κ1) is 28.7. The van der Waals surface area contributed by atoms with Gasteiger partial charge >= 0.3 is 0 Å². The summed E-state index contributed by atoms with van der Waals surface area (Å²) in [7, 11) is 0. The SMILES string of the molecule is CCCCNC(=O)[C@H](Cc1ccccc1)N(Cc1ccccc1F)C(=O)CCCSc1ccc(Cl)cc1. The van der Waals surface area contributed by atoms with E-state index in [2.05, 4.69) is 12.2 Å². The summed E-state index contributed by atoms with van der Waals surface area (Å²) < 4.78 is 14.6. The fraction of sp³-hybridized carbons (Fsp3) is 0.333. The van der Waals surface area contributed by atoms with Gasteiger partial charge in [0.25, 0.3) is 0 Å². The van der Waals surface area contributed by atoms with Gasteiger partial charge in [-0.1, -0.05) is 73.5 Å². The van der Waals surface area contributed by atoms with Gasteiger partial charge in [0.05, 0.1) is 0 Å². The Hall–Kier alpha value is -2.83. The second-order valence-electron chi connectivity index (χ2n) is 8.87. The standard InChI is InChI=1S/C30H34ClFN2O2S/c1-2-3-19-33-30(36)28(21-23-10-5-4-6-11-23)34(22-24-12-7-8-13-27(24)32)29(35)14-9-20-37-26-17-15-25(31)16-18-26/h4-8,10-13,15-18,28H,2-3,9,14,19-22H2,1H3,(H,33,36)/t28-/m0/s1. The number of thioether (sulfide) groups is 1. The summed E-state index contributed by atoms with van der Waals surface area (Å²) in [5, 5.41) is 3.68. The van der Waals surface area contributed by atoms with Crippen LogP contribution in [0.25, 0.3) is 0 Å². The summed E-state index contributed by atoms with van der Waals surface area (Å²) in [6.07, 6.45) is 3.07. The number of nitrogens with one attached hydrogen (secondary N) is 1. The molecule has 3 rings (SSSR count). The number of amides is 2. The second kappa shape index (κ2) is 15.4. The van der Waals surface area contributed by atoms with E-state index in [1.165, 1.54) is 6.07 Å². The molecule has 1 N–H and O–H groups in total. The minimum atomic E-state index is -0.740. The molecule has 0 radical (unpaired) electrons. The van der Waals surface area contributed by atoms with Gasteiger partial charge in [-0.05, 0) is 54.5 Å². The van der Waals surface area contributed by atoms with E-state index in [-0.39, 0.29) is 30.6 Å². The highest BCUT2D eigenvalue weighted by Gasteiger charge is 2.30. The zero-order valence-electron chi connectivity index (χ0n) is 21.2. The summed E-state index contributed by atoms with van der Waals surface area (Å²) in [6, 6.07) is 22.9. The van der Waals surface area contributed by atoms with Crippen LogP contribution in [0.2, 0.25) is 5.02 Å². The third-order valence-electron chi connectivity index (χ3n) is 6.02. The summed E-state index contributed by atoms with van der Waals surface area (Å²) >= 11 is 7.61. The molecule has 0 heterocycles. The van der Waals surface area contributed by atoms with Crippen LogP contribution in [0.15, 0.2) is 83.8 Å². The fourth-order valence-corrected chi connectivity index (χ4v) is 4.94. The Balaban J connectivity index is 1.78. The highest BCUT2D eigenvalue weighted by atomic mass is 35.5. The van der Waals surface area contributed by atoms with E-state index in [0.717, 1.165) is 29.1 Å². The van der Waals surface area contributed by atoms with Crippen molar-refractivity contribution in [2.24, 2.45) is 0 Å². The molecule has 0 bridgehead atoms. The predicted octanol–water partition coefficient (Wildman–Crippen LogP) is 6.91. The number of carbonyl (C=O) groups is 2. The van der Waals surface area contributed by atoms with Crippen LogP contribution in [0.4, 0.5) is 4.39 Å². The Kier molecular flexibility index (Phi) is 12.0. The van der Waals surface area contributed by atoms with Crippen LogP contribution < -0.4 is 5.32 Å². The van der Waals surface area contributed by atoms with Gasteiger partial charge in [0.2, 0.25) is 11.8 Å². The molecule has 3 aromatic rings.